The zero-order valence-electron chi connectivity index (χ0n) is 8.62. The first-order valence-electron chi connectivity index (χ1n) is 5.23. The molecule has 2 aliphatic carbocycles. The highest BCUT2D eigenvalue weighted by molar-refractivity contribution is 5.73. The fraction of sp³-hybridized carbons (Fsp3) is 0.909. The van der Waals surface area contributed by atoms with Crippen molar-refractivity contribution >= 4 is 5.97 Å². The van der Waals surface area contributed by atoms with Gasteiger partial charge in [0.1, 0.15) is 0 Å². The average molecular weight is 182 g/mol. The van der Waals surface area contributed by atoms with Crippen molar-refractivity contribution in [3.63, 3.8) is 0 Å². The molecule has 0 aromatic heterocycles. The quantitative estimate of drug-likeness (QED) is 0.580. The number of hydrogen-bond donors (Lipinski definition) is 0. The maximum Gasteiger partial charge on any atom is 0.308 e. The van der Waals surface area contributed by atoms with Crippen LogP contribution in [0.15, 0.2) is 0 Å². The maximum atomic E-state index is 11.4. The second-order valence-corrected chi connectivity index (χ2v) is 4.74. The highest BCUT2D eigenvalue weighted by Crippen LogP contribution is 2.55. The molecule has 0 saturated heterocycles. The third kappa shape index (κ3) is 1.18. The van der Waals surface area contributed by atoms with E-state index in [1.807, 2.05) is 0 Å². The Balaban J connectivity index is 2.10. The van der Waals surface area contributed by atoms with Gasteiger partial charge in [-0.25, -0.2) is 0 Å². The predicted molar refractivity (Wildman–Crippen MR) is 50.0 cm³/mol. The Morgan fingerprint density at radius 1 is 1.23 bits per heavy atom. The molecule has 0 aromatic carbocycles. The molecular formula is C11H18O2. The summed E-state index contributed by atoms with van der Waals surface area (Å²) in [5.41, 5.74) is 0. The van der Waals surface area contributed by atoms with Crippen LogP contribution in [0.25, 0.3) is 0 Å². The number of ether oxygens (including phenoxy) is 1. The molecule has 74 valence electrons. The maximum absolute atomic E-state index is 11.4. The van der Waals surface area contributed by atoms with E-state index in [0.29, 0.717) is 11.8 Å². The standard InChI is InChI=1S/C11H18O2/c1-6-7(2)9-4-8(6)5-10(9)11(12)13-3/h6-10H,4-5H2,1-3H3/t6?,7?,8-,9-,10?/m1/s1. The topological polar surface area (TPSA) is 26.3 Å². The third-order valence-electron chi connectivity index (χ3n) is 4.40. The highest BCUT2D eigenvalue weighted by atomic mass is 16.5. The van der Waals surface area contributed by atoms with Gasteiger partial charge >= 0.3 is 5.97 Å². The largest absolute Gasteiger partial charge is 0.469 e. The minimum atomic E-state index is 0.0197. The molecule has 2 fully saturated rings. The van der Waals surface area contributed by atoms with Crippen LogP contribution in [0.5, 0.6) is 0 Å². The van der Waals surface area contributed by atoms with Gasteiger partial charge in [-0.2, -0.15) is 0 Å². The van der Waals surface area contributed by atoms with E-state index >= 15 is 0 Å². The molecule has 2 aliphatic rings. The van der Waals surface area contributed by atoms with Crippen LogP contribution in [0.4, 0.5) is 0 Å². The summed E-state index contributed by atoms with van der Waals surface area (Å²) in [4.78, 5) is 11.4. The highest BCUT2D eigenvalue weighted by Gasteiger charge is 2.51. The van der Waals surface area contributed by atoms with Gasteiger partial charge in [-0.15, -0.1) is 0 Å². The lowest BCUT2D eigenvalue weighted by molar-refractivity contribution is -0.148. The first-order chi connectivity index (χ1) is 6.15. The summed E-state index contributed by atoms with van der Waals surface area (Å²) in [6, 6.07) is 0. The number of esters is 1. The van der Waals surface area contributed by atoms with Crippen LogP contribution in [0.1, 0.15) is 26.7 Å². The molecule has 0 amide bonds. The number of fused-ring (bicyclic) bond motifs is 2. The molecule has 2 rings (SSSR count). The molecule has 0 aliphatic heterocycles. The van der Waals surface area contributed by atoms with E-state index in [-0.39, 0.29) is 11.9 Å². The lowest BCUT2D eigenvalue weighted by atomic mass is 9.76. The SMILES string of the molecule is COC(=O)C1C[C@H]2C[C@@H]1C(C)C2C. The van der Waals surface area contributed by atoms with Gasteiger partial charge in [-0.1, -0.05) is 13.8 Å². The first-order valence-corrected chi connectivity index (χ1v) is 5.23. The molecule has 2 heteroatoms. The van der Waals surface area contributed by atoms with E-state index in [1.54, 1.807) is 0 Å². The van der Waals surface area contributed by atoms with Crippen molar-refractivity contribution < 1.29 is 9.53 Å². The van der Waals surface area contributed by atoms with E-state index in [0.717, 1.165) is 18.3 Å². The average Bonchev–Trinajstić information content (AvgIpc) is 2.67. The van der Waals surface area contributed by atoms with E-state index in [9.17, 15) is 4.79 Å². The third-order valence-corrected chi connectivity index (χ3v) is 4.40. The molecule has 0 spiro atoms. The van der Waals surface area contributed by atoms with E-state index in [4.69, 9.17) is 4.74 Å². The van der Waals surface area contributed by atoms with E-state index in [2.05, 4.69) is 13.8 Å². The number of hydrogen-bond acceptors (Lipinski definition) is 2. The van der Waals surface area contributed by atoms with Crippen molar-refractivity contribution in [2.24, 2.45) is 29.6 Å². The monoisotopic (exact) mass is 182 g/mol. The number of methoxy groups -OCH3 is 1. The van der Waals surface area contributed by atoms with E-state index < -0.39 is 0 Å². The molecule has 13 heavy (non-hydrogen) atoms. The summed E-state index contributed by atoms with van der Waals surface area (Å²) in [5, 5.41) is 0. The Hall–Kier alpha value is -0.530. The molecule has 2 saturated carbocycles. The molecule has 0 aromatic rings. The normalized spacial score (nSPS) is 48.1. The molecule has 2 nitrogen and oxygen atoms in total. The van der Waals surface area contributed by atoms with Gasteiger partial charge in [-0.05, 0) is 36.5 Å². The van der Waals surface area contributed by atoms with Crippen LogP contribution in [0, 0.1) is 29.6 Å². The predicted octanol–water partition coefficient (Wildman–Crippen LogP) is 2.09. The van der Waals surface area contributed by atoms with Crippen molar-refractivity contribution in [1.82, 2.24) is 0 Å². The summed E-state index contributed by atoms with van der Waals surface area (Å²) < 4.78 is 4.83. The van der Waals surface area contributed by atoms with Crippen molar-refractivity contribution in [3.8, 4) is 0 Å². The fourth-order valence-corrected chi connectivity index (χ4v) is 3.36. The Morgan fingerprint density at radius 2 is 1.92 bits per heavy atom. The van der Waals surface area contributed by atoms with Crippen molar-refractivity contribution in [1.29, 1.82) is 0 Å². The van der Waals surface area contributed by atoms with Gasteiger partial charge in [0.05, 0.1) is 13.0 Å². The second kappa shape index (κ2) is 3.00. The zero-order chi connectivity index (χ0) is 9.59. The van der Waals surface area contributed by atoms with Crippen molar-refractivity contribution in [2.75, 3.05) is 7.11 Å². The molecule has 3 unspecified atom stereocenters. The zero-order valence-corrected chi connectivity index (χ0v) is 8.62. The van der Waals surface area contributed by atoms with Crippen molar-refractivity contribution in [3.05, 3.63) is 0 Å². The van der Waals surface area contributed by atoms with Gasteiger partial charge in [0.25, 0.3) is 0 Å². The Morgan fingerprint density at radius 3 is 2.38 bits per heavy atom. The lowest BCUT2D eigenvalue weighted by Gasteiger charge is -2.29. The smallest absolute Gasteiger partial charge is 0.308 e. The summed E-state index contributed by atoms with van der Waals surface area (Å²) in [5.74, 6) is 3.14. The van der Waals surface area contributed by atoms with Gasteiger partial charge < -0.3 is 4.74 Å². The summed E-state index contributed by atoms with van der Waals surface area (Å²) in [6.45, 7) is 4.60. The Kier molecular flexibility index (Phi) is 2.09. The number of carbonyl (C=O) groups excluding carboxylic acids is 1. The van der Waals surface area contributed by atoms with E-state index in [1.165, 1.54) is 13.5 Å². The summed E-state index contributed by atoms with van der Waals surface area (Å²) in [7, 11) is 1.50. The molecule has 0 N–H and O–H groups in total. The molecule has 0 radical (unpaired) electrons. The Bertz CT molecular complexity index is 222. The summed E-state index contributed by atoms with van der Waals surface area (Å²) >= 11 is 0. The van der Waals surface area contributed by atoms with Gasteiger partial charge in [0, 0.05) is 0 Å². The van der Waals surface area contributed by atoms with Crippen LogP contribution in [-0.4, -0.2) is 13.1 Å². The van der Waals surface area contributed by atoms with Crippen LogP contribution in [0.2, 0.25) is 0 Å². The van der Waals surface area contributed by atoms with Crippen LogP contribution in [-0.2, 0) is 9.53 Å². The van der Waals surface area contributed by atoms with Crippen LogP contribution in [0.3, 0.4) is 0 Å². The molecule has 0 heterocycles. The molecular weight excluding hydrogens is 164 g/mol. The minimum Gasteiger partial charge on any atom is -0.469 e. The molecule has 5 atom stereocenters. The van der Waals surface area contributed by atoms with Gasteiger partial charge in [-0.3, -0.25) is 4.79 Å². The van der Waals surface area contributed by atoms with Crippen LogP contribution < -0.4 is 0 Å². The summed E-state index contributed by atoms with van der Waals surface area (Å²) in [6.07, 6.45) is 2.32. The lowest BCUT2D eigenvalue weighted by Crippen LogP contribution is -2.30. The Labute approximate surface area is 79.7 Å². The van der Waals surface area contributed by atoms with Gasteiger partial charge in [0.2, 0.25) is 0 Å². The molecule has 2 bridgehead atoms. The first kappa shape index (κ1) is 9.04. The fourth-order valence-electron chi connectivity index (χ4n) is 3.36. The number of carbonyl (C=O) groups is 1. The second-order valence-electron chi connectivity index (χ2n) is 4.74. The minimum absolute atomic E-state index is 0.0197. The van der Waals surface area contributed by atoms with Crippen molar-refractivity contribution in [2.45, 2.75) is 26.7 Å². The number of rotatable bonds is 1. The van der Waals surface area contributed by atoms with Crippen LogP contribution >= 0.6 is 0 Å². The van der Waals surface area contributed by atoms with Gasteiger partial charge in [0.15, 0.2) is 0 Å².